The van der Waals surface area contributed by atoms with Gasteiger partial charge >= 0.3 is 0 Å². The summed E-state index contributed by atoms with van der Waals surface area (Å²) >= 11 is 0. The van der Waals surface area contributed by atoms with Gasteiger partial charge < -0.3 is 5.32 Å². The van der Waals surface area contributed by atoms with Crippen LogP contribution in [0.2, 0.25) is 0 Å². The molecule has 2 aromatic rings. The molecule has 5 nitrogen and oxygen atoms in total. The second-order valence-electron chi connectivity index (χ2n) is 8.11. The van der Waals surface area contributed by atoms with Crippen LogP contribution in [-0.2, 0) is 0 Å². The fourth-order valence-electron chi connectivity index (χ4n) is 4.72. The molecule has 134 valence electrons. The molecule has 2 saturated carbocycles. The van der Waals surface area contributed by atoms with Crippen molar-refractivity contribution in [1.82, 2.24) is 20.1 Å². The van der Waals surface area contributed by atoms with Crippen molar-refractivity contribution in [2.75, 3.05) is 0 Å². The minimum atomic E-state index is 0.00552. The Kier molecular flexibility index (Phi) is 4.48. The summed E-state index contributed by atoms with van der Waals surface area (Å²) in [7, 11) is 0. The molecule has 1 amide bonds. The highest BCUT2D eigenvalue weighted by atomic mass is 16.1. The van der Waals surface area contributed by atoms with Gasteiger partial charge in [0.15, 0.2) is 5.65 Å². The molecule has 0 bridgehead atoms. The van der Waals surface area contributed by atoms with E-state index in [1.807, 2.05) is 10.7 Å². The molecule has 25 heavy (non-hydrogen) atoms. The lowest BCUT2D eigenvalue weighted by Gasteiger charge is -2.39. The van der Waals surface area contributed by atoms with Crippen LogP contribution in [0.15, 0.2) is 18.5 Å². The summed E-state index contributed by atoms with van der Waals surface area (Å²) in [6, 6.07) is 2.49. The molecular formula is C20H28N4O. The lowest BCUT2D eigenvalue weighted by atomic mass is 9.69. The molecule has 0 unspecified atom stereocenters. The average molecular weight is 340 g/mol. The second-order valence-corrected chi connectivity index (χ2v) is 8.11. The van der Waals surface area contributed by atoms with E-state index >= 15 is 0 Å². The van der Waals surface area contributed by atoms with Gasteiger partial charge in [-0.05, 0) is 51.0 Å². The highest BCUT2D eigenvalue weighted by molar-refractivity contribution is 5.97. The summed E-state index contributed by atoms with van der Waals surface area (Å²) < 4.78 is 1.89. The number of aromatic nitrogens is 3. The number of rotatable bonds is 3. The van der Waals surface area contributed by atoms with Crippen molar-refractivity contribution in [1.29, 1.82) is 0 Å². The van der Waals surface area contributed by atoms with Crippen molar-refractivity contribution >= 4 is 16.9 Å². The molecule has 0 radical (unpaired) electrons. The van der Waals surface area contributed by atoms with Gasteiger partial charge in [-0.15, -0.1) is 0 Å². The molecule has 1 N–H and O–H groups in total. The Bertz CT molecular complexity index is 766. The number of amides is 1. The lowest BCUT2D eigenvalue weighted by molar-refractivity contribution is 0.0879. The largest absolute Gasteiger partial charge is 0.349 e. The predicted octanol–water partition coefficient (Wildman–Crippen LogP) is 4.10. The van der Waals surface area contributed by atoms with Gasteiger partial charge in [0, 0.05) is 23.7 Å². The van der Waals surface area contributed by atoms with Gasteiger partial charge in [0.1, 0.15) is 0 Å². The summed E-state index contributed by atoms with van der Waals surface area (Å²) in [6.07, 6.45) is 12.5. The summed E-state index contributed by atoms with van der Waals surface area (Å²) in [5.74, 6) is 1.73. The Labute approximate surface area is 149 Å². The molecule has 2 aromatic heterocycles. The number of hydrogen-bond donors (Lipinski definition) is 1. The number of hydrogen-bond acceptors (Lipinski definition) is 3. The SMILES string of the molecule is CC(C)n1ncc2cc(C(=O)N[C@@H]3CC[C@H]4CCCC[C@H]4C3)cnc21. The van der Waals surface area contributed by atoms with Crippen LogP contribution >= 0.6 is 0 Å². The van der Waals surface area contributed by atoms with Gasteiger partial charge in [-0.3, -0.25) is 4.79 Å². The van der Waals surface area contributed by atoms with E-state index in [1.165, 1.54) is 32.1 Å². The van der Waals surface area contributed by atoms with E-state index in [4.69, 9.17) is 0 Å². The van der Waals surface area contributed by atoms with E-state index < -0.39 is 0 Å². The normalized spacial score (nSPS) is 26.6. The average Bonchev–Trinajstić information content (AvgIpc) is 3.05. The van der Waals surface area contributed by atoms with Crippen LogP contribution in [0.1, 0.15) is 75.2 Å². The molecule has 2 fully saturated rings. The first kappa shape index (κ1) is 16.6. The van der Waals surface area contributed by atoms with Crippen molar-refractivity contribution in [3.05, 3.63) is 24.0 Å². The minimum absolute atomic E-state index is 0.00552. The van der Waals surface area contributed by atoms with Crippen molar-refractivity contribution in [3.63, 3.8) is 0 Å². The molecule has 4 rings (SSSR count). The molecule has 0 spiro atoms. The van der Waals surface area contributed by atoms with Crippen molar-refractivity contribution < 1.29 is 4.79 Å². The lowest BCUT2D eigenvalue weighted by Crippen LogP contribution is -2.41. The van der Waals surface area contributed by atoms with E-state index in [1.54, 1.807) is 12.4 Å². The summed E-state index contributed by atoms with van der Waals surface area (Å²) in [5.41, 5.74) is 1.48. The Balaban J connectivity index is 1.45. The van der Waals surface area contributed by atoms with Crippen molar-refractivity contribution in [2.45, 2.75) is 70.9 Å². The summed E-state index contributed by atoms with van der Waals surface area (Å²) in [4.78, 5) is 17.2. The van der Waals surface area contributed by atoms with Crippen molar-refractivity contribution in [2.24, 2.45) is 11.8 Å². The van der Waals surface area contributed by atoms with Crippen molar-refractivity contribution in [3.8, 4) is 0 Å². The molecule has 5 heteroatoms. The van der Waals surface area contributed by atoms with E-state index in [9.17, 15) is 4.79 Å². The Morgan fingerprint density at radius 3 is 2.76 bits per heavy atom. The standard InChI is InChI=1S/C20H28N4O/c1-13(2)24-19-16(12-22-24)9-17(11-21-19)20(25)23-18-8-7-14-5-3-4-6-15(14)10-18/h9,11-15,18H,3-8,10H2,1-2H3,(H,23,25)/t14-,15+,18-/m1/s1. The Morgan fingerprint density at radius 2 is 1.96 bits per heavy atom. The molecule has 0 saturated heterocycles. The van der Waals surface area contributed by atoms with Gasteiger partial charge in [0.2, 0.25) is 0 Å². The van der Waals surface area contributed by atoms with Crippen LogP contribution in [0, 0.1) is 11.8 Å². The molecule has 3 atom stereocenters. The quantitative estimate of drug-likeness (QED) is 0.915. The maximum absolute atomic E-state index is 12.7. The number of carbonyl (C=O) groups excluding carboxylic acids is 1. The topological polar surface area (TPSA) is 59.8 Å². The van der Waals surface area contributed by atoms with Gasteiger partial charge in [-0.1, -0.05) is 25.7 Å². The fourth-order valence-corrected chi connectivity index (χ4v) is 4.72. The Morgan fingerprint density at radius 1 is 1.16 bits per heavy atom. The zero-order valence-electron chi connectivity index (χ0n) is 15.2. The molecule has 2 heterocycles. The van der Waals surface area contributed by atoms with Crippen LogP contribution in [0.5, 0.6) is 0 Å². The van der Waals surface area contributed by atoms with Gasteiger partial charge in [-0.25, -0.2) is 9.67 Å². The van der Waals surface area contributed by atoms with Gasteiger partial charge in [0.25, 0.3) is 5.91 Å². The Hall–Kier alpha value is -1.91. The highest BCUT2D eigenvalue weighted by Gasteiger charge is 2.32. The van der Waals surface area contributed by atoms with E-state index in [-0.39, 0.29) is 11.9 Å². The molecule has 0 aliphatic heterocycles. The van der Waals surface area contributed by atoms with Crippen LogP contribution in [-0.4, -0.2) is 26.7 Å². The summed E-state index contributed by atoms with van der Waals surface area (Å²) in [5, 5.41) is 8.56. The van der Waals surface area contributed by atoms with Crippen LogP contribution < -0.4 is 5.32 Å². The maximum atomic E-state index is 12.7. The monoisotopic (exact) mass is 340 g/mol. The number of pyridine rings is 1. The molecule has 2 aliphatic carbocycles. The van der Waals surface area contributed by atoms with Crippen LogP contribution in [0.25, 0.3) is 11.0 Å². The number of nitrogens with zero attached hydrogens (tertiary/aromatic N) is 3. The number of nitrogens with one attached hydrogen (secondary N) is 1. The molecule has 2 aliphatic rings. The molecule has 0 aromatic carbocycles. The molecular weight excluding hydrogens is 312 g/mol. The van der Waals surface area contributed by atoms with Crippen LogP contribution in [0.3, 0.4) is 0 Å². The predicted molar refractivity (Wildman–Crippen MR) is 98.5 cm³/mol. The van der Waals surface area contributed by atoms with Gasteiger partial charge in [0.05, 0.1) is 11.8 Å². The first-order valence-electron chi connectivity index (χ1n) is 9.76. The first-order chi connectivity index (χ1) is 12.1. The third kappa shape index (κ3) is 3.29. The third-order valence-corrected chi connectivity index (χ3v) is 6.06. The van der Waals surface area contributed by atoms with Gasteiger partial charge in [-0.2, -0.15) is 5.10 Å². The van der Waals surface area contributed by atoms with E-state index in [0.717, 1.165) is 35.7 Å². The van der Waals surface area contributed by atoms with Crippen LogP contribution in [0.4, 0.5) is 0 Å². The third-order valence-electron chi connectivity index (χ3n) is 6.06. The zero-order chi connectivity index (χ0) is 17.4. The summed E-state index contributed by atoms with van der Waals surface area (Å²) in [6.45, 7) is 4.16. The maximum Gasteiger partial charge on any atom is 0.253 e. The fraction of sp³-hybridized carbons (Fsp3) is 0.650. The zero-order valence-corrected chi connectivity index (χ0v) is 15.2. The smallest absolute Gasteiger partial charge is 0.253 e. The van der Waals surface area contributed by atoms with E-state index in [2.05, 4.69) is 29.2 Å². The number of carbonyl (C=O) groups is 1. The van der Waals surface area contributed by atoms with E-state index in [0.29, 0.717) is 11.6 Å². The first-order valence-corrected chi connectivity index (χ1v) is 9.76. The minimum Gasteiger partial charge on any atom is -0.349 e. The highest BCUT2D eigenvalue weighted by Crippen LogP contribution is 2.40. The number of fused-ring (bicyclic) bond motifs is 2. The second kappa shape index (κ2) is 6.77.